The van der Waals surface area contributed by atoms with E-state index in [2.05, 4.69) is 10.6 Å². The van der Waals surface area contributed by atoms with Gasteiger partial charge in [0.15, 0.2) is 55.5 Å². The van der Waals surface area contributed by atoms with Crippen molar-refractivity contribution in [1.82, 2.24) is 10.6 Å². The fraction of sp³-hybridized carbons (Fsp3) is 0.737. The third-order valence-corrected chi connectivity index (χ3v) is 9.07. The summed E-state index contributed by atoms with van der Waals surface area (Å²) in [5.41, 5.74) is 0. The molecule has 0 spiro atoms. The first-order valence-corrected chi connectivity index (χ1v) is 19.6. The Labute approximate surface area is 365 Å². The molecule has 3 aliphatic heterocycles. The van der Waals surface area contributed by atoms with Gasteiger partial charge >= 0.3 is 47.8 Å². The molecule has 3 fully saturated rings. The first kappa shape index (κ1) is 52.8. The fourth-order valence-electron chi connectivity index (χ4n) is 7.01. The zero-order valence-corrected chi connectivity index (χ0v) is 36.6. The molecule has 0 aliphatic carbocycles. The Morgan fingerprint density at radius 1 is 0.406 bits per heavy atom. The summed E-state index contributed by atoms with van der Waals surface area (Å²) in [6.07, 6.45) is -22.1. The maximum Gasteiger partial charge on any atom is 0.303 e. The number of ether oxygens (including phenoxy) is 13. The third kappa shape index (κ3) is 15.6. The fourth-order valence-corrected chi connectivity index (χ4v) is 7.01. The molecule has 26 nitrogen and oxygen atoms in total. The van der Waals surface area contributed by atoms with Gasteiger partial charge in [-0.1, -0.05) is 0 Å². The lowest BCUT2D eigenvalue weighted by molar-refractivity contribution is -0.353. The average Bonchev–Trinajstić information content (AvgIpc) is 3.14. The number of carbonyl (C=O) groups is 10. The monoisotopic (exact) mass is 922 g/mol. The van der Waals surface area contributed by atoms with Crippen LogP contribution in [0.4, 0.5) is 0 Å². The van der Waals surface area contributed by atoms with Gasteiger partial charge in [-0.15, -0.1) is 0 Å². The molecule has 0 aromatic rings. The first-order valence-electron chi connectivity index (χ1n) is 19.6. The lowest BCUT2D eigenvalue weighted by Gasteiger charge is -2.49. The average molecular weight is 923 g/mol. The Balaban J connectivity index is 2.21. The van der Waals surface area contributed by atoms with Gasteiger partial charge in [0, 0.05) is 69.2 Å². The van der Waals surface area contributed by atoms with E-state index in [1.54, 1.807) is 0 Å². The van der Waals surface area contributed by atoms with Crippen LogP contribution in [0.25, 0.3) is 0 Å². The molecule has 0 bridgehead atoms. The summed E-state index contributed by atoms with van der Waals surface area (Å²) in [6.45, 7) is 8.22. The summed E-state index contributed by atoms with van der Waals surface area (Å²) < 4.78 is 73.8. The normalized spacial score (nSPS) is 32.3. The van der Waals surface area contributed by atoms with Gasteiger partial charge in [-0.25, -0.2) is 0 Å². The first-order chi connectivity index (χ1) is 29.9. The number of hydrogen-bond acceptors (Lipinski definition) is 24. The second-order valence-corrected chi connectivity index (χ2v) is 14.6. The highest BCUT2D eigenvalue weighted by atomic mass is 16.8. The molecule has 0 aromatic heterocycles. The van der Waals surface area contributed by atoms with Gasteiger partial charge in [-0.2, -0.15) is 0 Å². The summed E-state index contributed by atoms with van der Waals surface area (Å²) in [7, 11) is 0. The van der Waals surface area contributed by atoms with E-state index in [1.807, 2.05) is 0 Å². The van der Waals surface area contributed by atoms with Crippen molar-refractivity contribution in [3.63, 3.8) is 0 Å². The van der Waals surface area contributed by atoms with Gasteiger partial charge in [-0.05, 0) is 0 Å². The molecule has 0 saturated carbocycles. The number of nitrogens with one attached hydrogen (secondary N) is 2. The molecule has 3 aliphatic rings. The minimum atomic E-state index is -1.98. The van der Waals surface area contributed by atoms with Crippen molar-refractivity contribution in [3.05, 3.63) is 0 Å². The zero-order valence-electron chi connectivity index (χ0n) is 36.6. The minimum Gasteiger partial charge on any atom is -0.463 e. The number of hydrogen-bond donors (Lipinski definition) is 3. The molecule has 0 radical (unpaired) electrons. The van der Waals surface area contributed by atoms with Crippen molar-refractivity contribution in [2.45, 2.75) is 161 Å². The predicted molar refractivity (Wildman–Crippen MR) is 201 cm³/mol. The van der Waals surface area contributed by atoms with Gasteiger partial charge < -0.3 is 77.3 Å². The lowest BCUT2D eigenvalue weighted by Crippen LogP contribution is -2.69. The third-order valence-electron chi connectivity index (χ3n) is 9.07. The van der Waals surface area contributed by atoms with Gasteiger partial charge in [0.25, 0.3) is 0 Å². The van der Waals surface area contributed by atoms with Gasteiger partial charge in [0.05, 0.1) is 6.61 Å². The van der Waals surface area contributed by atoms with Gasteiger partial charge in [0.2, 0.25) is 11.8 Å². The Kier molecular flexibility index (Phi) is 19.8. The highest BCUT2D eigenvalue weighted by Crippen LogP contribution is 2.35. The molecule has 64 heavy (non-hydrogen) atoms. The standard InChI is InChI=1S/C38H54N2O24/c1-14(41)39-27-32(57-20(7)47)30(24(61-36(27)51)11-52-16(3)43)64-38-35(60-23(10)50)34(59-22(9)49)31(56-19(6)46)26(63-38)13-54-37-28(40-15(2)42)33(58-21(8)48)29(55-18(5)45)25(62-37)12-53-17(4)44/h24-38,51H,11-13H2,1-10H3,(H,39,41)(H,40,42)/t24-,25-,26-,27-,28-,29+,30-,31+,32-,33-,34+,35-,36+,37-,38+/m1/s1. The van der Waals surface area contributed by atoms with E-state index in [4.69, 9.17) is 61.6 Å². The molecule has 26 heteroatoms. The Bertz CT molecular complexity index is 1740. The van der Waals surface area contributed by atoms with Crippen LogP contribution in [0.1, 0.15) is 69.2 Å². The number of amides is 2. The molecular weight excluding hydrogens is 868 g/mol. The zero-order chi connectivity index (χ0) is 48.2. The number of carbonyl (C=O) groups excluding carboxylic acids is 10. The molecule has 3 heterocycles. The van der Waals surface area contributed by atoms with Crippen molar-refractivity contribution in [3.8, 4) is 0 Å². The van der Waals surface area contributed by atoms with Crippen LogP contribution >= 0.6 is 0 Å². The van der Waals surface area contributed by atoms with Crippen molar-refractivity contribution >= 4 is 59.6 Å². The van der Waals surface area contributed by atoms with Crippen molar-refractivity contribution < 1.29 is 115 Å². The van der Waals surface area contributed by atoms with E-state index >= 15 is 0 Å². The molecule has 3 saturated heterocycles. The number of rotatable bonds is 17. The summed E-state index contributed by atoms with van der Waals surface area (Å²) in [5, 5.41) is 15.9. The highest BCUT2D eigenvalue weighted by molar-refractivity contribution is 5.74. The molecule has 0 aromatic carbocycles. The van der Waals surface area contributed by atoms with Gasteiger partial charge in [-0.3, -0.25) is 47.9 Å². The smallest absolute Gasteiger partial charge is 0.303 e. The molecule has 360 valence electrons. The second-order valence-electron chi connectivity index (χ2n) is 14.6. The molecular formula is C38H54N2O24. The minimum absolute atomic E-state index is 0.599. The SMILES string of the molecule is CC(=O)N[C@@H]1[C@@H](OC(C)=O)[C@H](O[C@@H]2O[C@H](CO[C@@H]3O[C@H](COC(C)=O)[C@H](OC(C)=O)[C@H](OC(C)=O)[C@H]3NC(C)=O)[C@H](OC(C)=O)[C@H](OC(C)=O)[C@H]2OC(C)=O)[C@@H](COC(C)=O)O[C@@H]1O. The Morgan fingerprint density at radius 3 is 1.22 bits per heavy atom. The van der Waals surface area contributed by atoms with E-state index in [0.29, 0.717) is 0 Å². The second kappa shape index (κ2) is 23.9. The van der Waals surface area contributed by atoms with E-state index in [9.17, 15) is 53.1 Å². The van der Waals surface area contributed by atoms with Crippen LogP contribution in [-0.4, -0.2) is 176 Å². The summed E-state index contributed by atoms with van der Waals surface area (Å²) >= 11 is 0. The van der Waals surface area contributed by atoms with Crippen LogP contribution in [-0.2, 0) is 110 Å². The molecule has 0 unspecified atom stereocenters. The maximum atomic E-state index is 12.7. The Morgan fingerprint density at radius 2 is 0.766 bits per heavy atom. The topological polar surface area (TPSA) is 335 Å². The highest BCUT2D eigenvalue weighted by Gasteiger charge is 2.58. The Hall–Kier alpha value is -5.54. The molecule has 3 rings (SSSR count). The van der Waals surface area contributed by atoms with Crippen LogP contribution in [0, 0.1) is 0 Å². The largest absolute Gasteiger partial charge is 0.463 e. The predicted octanol–water partition coefficient (Wildman–Crippen LogP) is -2.72. The molecule has 2 amide bonds. The van der Waals surface area contributed by atoms with Crippen LogP contribution in [0.5, 0.6) is 0 Å². The van der Waals surface area contributed by atoms with Crippen molar-refractivity contribution in [2.24, 2.45) is 0 Å². The van der Waals surface area contributed by atoms with Crippen molar-refractivity contribution in [1.29, 1.82) is 0 Å². The van der Waals surface area contributed by atoms with E-state index in [1.165, 1.54) is 0 Å². The summed E-state index contributed by atoms with van der Waals surface area (Å²) in [4.78, 5) is 124. The lowest BCUT2D eigenvalue weighted by atomic mass is 9.94. The van der Waals surface area contributed by atoms with Crippen molar-refractivity contribution in [2.75, 3.05) is 19.8 Å². The van der Waals surface area contributed by atoms with E-state index in [-0.39, 0.29) is 0 Å². The van der Waals surface area contributed by atoms with E-state index < -0.39 is 171 Å². The molecule has 3 N–H and O–H groups in total. The van der Waals surface area contributed by atoms with Crippen LogP contribution < -0.4 is 10.6 Å². The van der Waals surface area contributed by atoms with Gasteiger partial charge in [0.1, 0.15) is 49.7 Å². The maximum absolute atomic E-state index is 12.7. The molecule has 15 atom stereocenters. The van der Waals surface area contributed by atoms with Crippen LogP contribution in [0.2, 0.25) is 0 Å². The number of aliphatic hydroxyl groups excluding tert-OH is 1. The summed E-state index contributed by atoms with van der Waals surface area (Å²) in [5.74, 6) is -8.78. The van der Waals surface area contributed by atoms with E-state index in [0.717, 1.165) is 69.2 Å². The number of esters is 8. The van der Waals surface area contributed by atoms with Crippen LogP contribution in [0.15, 0.2) is 0 Å². The van der Waals surface area contributed by atoms with Crippen LogP contribution in [0.3, 0.4) is 0 Å². The number of aliphatic hydroxyl groups is 1. The quantitative estimate of drug-likeness (QED) is 0.0985. The summed E-state index contributed by atoms with van der Waals surface area (Å²) in [6, 6.07) is -3.05.